The number of amides is 2. The number of carbonyl (C=O) groups excluding carboxylic acids is 2. The Labute approximate surface area is 118 Å². The van der Waals surface area contributed by atoms with Gasteiger partial charge in [-0.2, -0.15) is 0 Å². The first-order valence-electron chi connectivity index (χ1n) is 6.81. The maximum Gasteiger partial charge on any atom is 0.223 e. The highest BCUT2D eigenvalue weighted by molar-refractivity contribution is 5.91. The number of benzene rings is 1. The van der Waals surface area contributed by atoms with Gasteiger partial charge in [0.2, 0.25) is 11.8 Å². The van der Waals surface area contributed by atoms with Gasteiger partial charge in [0.05, 0.1) is 7.11 Å². The van der Waals surface area contributed by atoms with E-state index in [0.29, 0.717) is 18.8 Å². The second-order valence-corrected chi connectivity index (χ2v) is 4.94. The zero-order valence-electron chi connectivity index (χ0n) is 11.9. The van der Waals surface area contributed by atoms with Crippen LogP contribution in [0.4, 0.5) is 5.69 Å². The quantitative estimate of drug-likeness (QED) is 0.858. The first-order valence-corrected chi connectivity index (χ1v) is 6.81. The fourth-order valence-electron chi connectivity index (χ4n) is 2.03. The van der Waals surface area contributed by atoms with E-state index in [1.54, 1.807) is 12.0 Å². The molecular formula is C15H20N2O3. The molecule has 0 heterocycles. The maximum absolute atomic E-state index is 11.7. The van der Waals surface area contributed by atoms with Crippen molar-refractivity contribution in [2.75, 3.05) is 25.1 Å². The number of hydrogen-bond acceptors (Lipinski definition) is 3. The monoisotopic (exact) mass is 276 g/mol. The van der Waals surface area contributed by atoms with Gasteiger partial charge < -0.3 is 15.0 Å². The summed E-state index contributed by atoms with van der Waals surface area (Å²) in [6.07, 6.45) is 1.97. The van der Waals surface area contributed by atoms with Crippen LogP contribution in [-0.2, 0) is 9.59 Å². The normalized spacial score (nSPS) is 13.7. The number of nitrogens with one attached hydrogen (secondary N) is 1. The molecule has 0 bridgehead atoms. The molecule has 1 aromatic carbocycles. The molecule has 2 rings (SSSR count). The van der Waals surface area contributed by atoms with E-state index in [4.69, 9.17) is 4.74 Å². The molecule has 1 saturated carbocycles. The van der Waals surface area contributed by atoms with Crippen LogP contribution in [0.1, 0.15) is 19.8 Å². The average Bonchev–Trinajstić information content (AvgIpc) is 3.27. The summed E-state index contributed by atoms with van der Waals surface area (Å²) < 4.78 is 5.16. The topological polar surface area (TPSA) is 58.6 Å². The molecule has 1 fully saturated rings. The Morgan fingerprint density at radius 1 is 1.40 bits per heavy atom. The van der Waals surface area contributed by atoms with Crippen LogP contribution in [-0.4, -0.2) is 32.0 Å². The zero-order chi connectivity index (χ0) is 14.5. The minimum Gasteiger partial charge on any atom is -0.497 e. The summed E-state index contributed by atoms with van der Waals surface area (Å²) in [5, 5.41) is 2.86. The van der Waals surface area contributed by atoms with Gasteiger partial charge in [-0.05, 0) is 25.0 Å². The lowest BCUT2D eigenvalue weighted by molar-refractivity contribution is -0.122. The van der Waals surface area contributed by atoms with E-state index in [1.165, 1.54) is 6.92 Å². The molecule has 108 valence electrons. The summed E-state index contributed by atoms with van der Waals surface area (Å²) in [5.41, 5.74) is 0.775. The van der Waals surface area contributed by atoms with Crippen molar-refractivity contribution in [1.82, 2.24) is 5.32 Å². The van der Waals surface area contributed by atoms with Crippen LogP contribution in [0.5, 0.6) is 5.75 Å². The van der Waals surface area contributed by atoms with Crippen LogP contribution < -0.4 is 15.0 Å². The molecule has 5 heteroatoms. The Morgan fingerprint density at radius 3 is 2.75 bits per heavy atom. The van der Waals surface area contributed by atoms with Crippen LogP contribution in [0.2, 0.25) is 0 Å². The average molecular weight is 276 g/mol. The second-order valence-electron chi connectivity index (χ2n) is 4.94. The Kier molecular flexibility index (Phi) is 4.61. The summed E-state index contributed by atoms with van der Waals surface area (Å²) >= 11 is 0. The summed E-state index contributed by atoms with van der Waals surface area (Å²) in [6, 6.07) is 7.33. The Balaban J connectivity index is 1.95. The van der Waals surface area contributed by atoms with Crippen LogP contribution in [0.3, 0.4) is 0 Å². The standard InChI is InChI=1S/C15H20N2O3/c1-11(18)17(9-8-16-15(19)12-6-7-12)13-4-3-5-14(10-13)20-2/h3-5,10,12H,6-9H2,1-2H3,(H,16,19). The molecule has 0 unspecified atom stereocenters. The van der Waals surface area contributed by atoms with E-state index in [2.05, 4.69) is 5.32 Å². The number of anilines is 1. The molecule has 0 saturated heterocycles. The molecule has 5 nitrogen and oxygen atoms in total. The highest BCUT2D eigenvalue weighted by Crippen LogP contribution is 2.28. The van der Waals surface area contributed by atoms with E-state index in [0.717, 1.165) is 18.5 Å². The maximum atomic E-state index is 11.7. The molecule has 0 atom stereocenters. The third-order valence-electron chi connectivity index (χ3n) is 3.33. The molecule has 1 aliphatic carbocycles. The van der Waals surface area contributed by atoms with Crippen molar-refractivity contribution in [3.05, 3.63) is 24.3 Å². The van der Waals surface area contributed by atoms with Gasteiger partial charge in [-0.15, -0.1) is 0 Å². The first-order chi connectivity index (χ1) is 9.61. The summed E-state index contributed by atoms with van der Waals surface area (Å²) in [5.74, 6) is 0.937. The predicted molar refractivity (Wildman–Crippen MR) is 76.8 cm³/mol. The van der Waals surface area contributed by atoms with Crippen LogP contribution in [0.25, 0.3) is 0 Å². The summed E-state index contributed by atoms with van der Waals surface area (Å²) in [6.45, 7) is 2.44. The molecule has 1 N–H and O–H groups in total. The lowest BCUT2D eigenvalue weighted by atomic mass is 10.2. The molecule has 2 amide bonds. The van der Waals surface area contributed by atoms with E-state index < -0.39 is 0 Å². The molecule has 0 aliphatic heterocycles. The van der Waals surface area contributed by atoms with Crippen molar-refractivity contribution < 1.29 is 14.3 Å². The Hall–Kier alpha value is -2.04. The fourth-order valence-corrected chi connectivity index (χ4v) is 2.03. The molecule has 0 radical (unpaired) electrons. The van der Waals surface area contributed by atoms with Gasteiger partial charge in [0.25, 0.3) is 0 Å². The van der Waals surface area contributed by atoms with E-state index in [1.807, 2.05) is 24.3 Å². The van der Waals surface area contributed by atoms with Crippen molar-refractivity contribution in [1.29, 1.82) is 0 Å². The molecule has 1 aromatic rings. The third kappa shape index (κ3) is 3.73. The number of hydrogen-bond donors (Lipinski definition) is 1. The minimum absolute atomic E-state index is 0.0566. The summed E-state index contributed by atoms with van der Waals surface area (Å²) in [7, 11) is 1.59. The van der Waals surface area contributed by atoms with Gasteiger partial charge in [-0.25, -0.2) is 0 Å². The summed E-state index contributed by atoms with van der Waals surface area (Å²) in [4.78, 5) is 24.9. The van der Waals surface area contributed by atoms with Gasteiger partial charge in [0.1, 0.15) is 5.75 Å². The van der Waals surface area contributed by atoms with Crippen molar-refractivity contribution in [3.8, 4) is 5.75 Å². The van der Waals surface area contributed by atoms with Crippen molar-refractivity contribution >= 4 is 17.5 Å². The lowest BCUT2D eigenvalue weighted by Gasteiger charge is -2.22. The van der Waals surface area contributed by atoms with Gasteiger partial charge in [-0.3, -0.25) is 9.59 Å². The molecular weight excluding hydrogens is 256 g/mol. The Bertz CT molecular complexity index is 498. The van der Waals surface area contributed by atoms with Crippen molar-refractivity contribution in [2.45, 2.75) is 19.8 Å². The van der Waals surface area contributed by atoms with Crippen LogP contribution in [0, 0.1) is 5.92 Å². The van der Waals surface area contributed by atoms with Gasteiger partial charge >= 0.3 is 0 Å². The van der Waals surface area contributed by atoms with Crippen LogP contribution >= 0.6 is 0 Å². The smallest absolute Gasteiger partial charge is 0.223 e. The number of carbonyl (C=O) groups is 2. The van der Waals surface area contributed by atoms with Gasteiger partial charge in [-0.1, -0.05) is 6.07 Å². The zero-order valence-corrected chi connectivity index (χ0v) is 11.9. The van der Waals surface area contributed by atoms with E-state index in [9.17, 15) is 9.59 Å². The van der Waals surface area contributed by atoms with E-state index >= 15 is 0 Å². The molecule has 1 aliphatic rings. The van der Waals surface area contributed by atoms with Crippen molar-refractivity contribution in [2.24, 2.45) is 5.92 Å². The number of nitrogens with zero attached hydrogens (tertiary/aromatic N) is 1. The second kappa shape index (κ2) is 6.41. The van der Waals surface area contributed by atoms with Gasteiger partial charge in [0.15, 0.2) is 0 Å². The third-order valence-corrected chi connectivity index (χ3v) is 3.33. The molecule has 20 heavy (non-hydrogen) atoms. The number of ether oxygens (including phenoxy) is 1. The SMILES string of the molecule is COc1cccc(N(CCNC(=O)C2CC2)C(C)=O)c1. The van der Waals surface area contributed by atoms with Crippen molar-refractivity contribution in [3.63, 3.8) is 0 Å². The lowest BCUT2D eigenvalue weighted by Crippen LogP contribution is -2.38. The predicted octanol–water partition coefficient (Wildman–Crippen LogP) is 1.57. The first kappa shape index (κ1) is 14.4. The largest absolute Gasteiger partial charge is 0.497 e. The Morgan fingerprint density at radius 2 is 2.15 bits per heavy atom. The fraction of sp³-hybridized carbons (Fsp3) is 0.467. The van der Waals surface area contributed by atoms with Gasteiger partial charge in [0, 0.05) is 37.7 Å². The minimum atomic E-state index is -0.0566. The van der Waals surface area contributed by atoms with E-state index in [-0.39, 0.29) is 17.7 Å². The number of methoxy groups -OCH3 is 1. The number of rotatable bonds is 6. The highest BCUT2D eigenvalue weighted by Gasteiger charge is 2.29. The van der Waals surface area contributed by atoms with Crippen LogP contribution in [0.15, 0.2) is 24.3 Å². The molecule has 0 spiro atoms. The highest BCUT2D eigenvalue weighted by atomic mass is 16.5. The molecule has 0 aromatic heterocycles.